The lowest BCUT2D eigenvalue weighted by Gasteiger charge is -2.31. The third-order valence-electron chi connectivity index (χ3n) is 5.02. The predicted octanol–water partition coefficient (Wildman–Crippen LogP) is 1.59. The molecule has 0 spiro atoms. The molecule has 0 unspecified atom stereocenters. The molecule has 7 nitrogen and oxygen atoms in total. The van der Waals surface area contributed by atoms with Crippen LogP contribution in [-0.4, -0.2) is 41.2 Å². The average molecular weight is 339 g/mol. The third kappa shape index (κ3) is 2.37. The highest BCUT2D eigenvalue weighted by molar-refractivity contribution is 6.31. The number of esters is 1. The average Bonchev–Trinajstić information content (AvgIpc) is 2.87. The van der Waals surface area contributed by atoms with Gasteiger partial charge in [0.05, 0.1) is 22.5 Å². The highest BCUT2D eigenvalue weighted by Crippen LogP contribution is 2.43. The molecule has 2 aromatic rings. The maximum atomic E-state index is 11.9. The van der Waals surface area contributed by atoms with Crippen molar-refractivity contribution in [2.45, 2.75) is 25.7 Å². The molecule has 1 fully saturated rings. The van der Waals surface area contributed by atoms with Gasteiger partial charge in [-0.3, -0.25) is 0 Å². The quantitative estimate of drug-likeness (QED) is 0.610. The SMILES string of the molecule is CCN1CCC(c2c3c4c(C#N)cccc4n2OC(=O)C(=O)O3)CC1. The van der Waals surface area contributed by atoms with Gasteiger partial charge in [-0.05, 0) is 44.6 Å². The van der Waals surface area contributed by atoms with Crippen molar-refractivity contribution >= 4 is 22.8 Å². The zero-order valence-corrected chi connectivity index (χ0v) is 13.8. The summed E-state index contributed by atoms with van der Waals surface area (Å²) in [6.07, 6.45) is 1.74. The number of aromatic nitrogens is 1. The van der Waals surface area contributed by atoms with E-state index in [0.717, 1.165) is 32.5 Å². The molecular formula is C18H17N3O4. The molecule has 2 aliphatic rings. The number of ether oxygens (including phenoxy) is 1. The second kappa shape index (κ2) is 5.90. The summed E-state index contributed by atoms with van der Waals surface area (Å²) in [4.78, 5) is 31.4. The molecule has 0 N–H and O–H groups in total. The third-order valence-corrected chi connectivity index (χ3v) is 5.02. The zero-order valence-electron chi connectivity index (χ0n) is 13.8. The van der Waals surface area contributed by atoms with E-state index in [0.29, 0.717) is 22.2 Å². The van der Waals surface area contributed by atoms with Gasteiger partial charge >= 0.3 is 11.9 Å². The van der Waals surface area contributed by atoms with Gasteiger partial charge in [0.15, 0.2) is 5.75 Å². The van der Waals surface area contributed by atoms with Crippen LogP contribution in [0.25, 0.3) is 10.9 Å². The molecule has 1 saturated heterocycles. The molecule has 4 rings (SSSR count). The maximum absolute atomic E-state index is 11.9. The number of nitriles is 1. The second-order valence-corrected chi connectivity index (χ2v) is 6.30. The van der Waals surface area contributed by atoms with E-state index in [4.69, 9.17) is 9.57 Å². The Bertz CT molecular complexity index is 917. The van der Waals surface area contributed by atoms with Crippen molar-refractivity contribution in [1.82, 2.24) is 9.63 Å². The van der Waals surface area contributed by atoms with Crippen LogP contribution >= 0.6 is 0 Å². The van der Waals surface area contributed by atoms with Crippen molar-refractivity contribution < 1.29 is 19.2 Å². The van der Waals surface area contributed by atoms with Crippen LogP contribution in [0.15, 0.2) is 18.2 Å². The summed E-state index contributed by atoms with van der Waals surface area (Å²) < 4.78 is 6.76. The van der Waals surface area contributed by atoms with E-state index < -0.39 is 11.9 Å². The summed E-state index contributed by atoms with van der Waals surface area (Å²) in [5.41, 5.74) is 1.64. The zero-order chi connectivity index (χ0) is 17.6. The minimum atomic E-state index is -1.06. The molecule has 128 valence electrons. The monoisotopic (exact) mass is 339 g/mol. The maximum Gasteiger partial charge on any atom is 0.442 e. The molecule has 1 aromatic carbocycles. The summed E-state index contributed by atoms with van der Waals surface area (Å²) in [6.45, 7) is 4.97. The Morgan fingerprint density at radius 3 is 2.68 bits per heavy atom. The number of piperidine rings is 1. The molecular weight excluding hydrogens is 322 g/mol. The molecule has 0 aliphatic carbocycles. The van der Waals surface area contributed by atoms with Crippen LogP contribution in [0.1, 0.15) is 36.9 Å². The Kier molecular flexibility index (Phi) is 3.70. The van der Waals surface area contributed by atoms with Crippen LogP contribution < -0.4 is 9.57 Å². The number of rotatable bonds is 2. The molecule has 0 saturated carbocycles. The van der Waals surface area contributed by atoms with E-state index in [1.165, 1.54) is 4.73 Å². The van der Waals surface area contributed by atoms with Crippen molar-refractivity contribution in [2.75, 3.05) is 19.6 Å². The molecule has 0 amide bonds. The fourth-order valence-electron chi connectivity index (χ4n) is 3.72. The van der Waals surface area contributed by atoms with Gasteiger partial charge < -0.3 is 14.5 Å². The van der Waals surface area contributed by atoms with E-state index >= 15 is 0 Å². The van der Waals surface area contributed by atoms with Crippen LogP contribution in [0.2, 0.25) is 0 Å². The Hall–Kier alpha value is -2.85. The molecule has 25 heavy (non-hydrogen) atoms. The van der Waals surface area contributed by atoms with Gasteiger partial charge in [0.25, 0.3) is 0 Å². The van der Waals surface area contributed by atoms with E-state index in [1.807, 2.05) is 0 Å². The lowest BCUT2D eigenvalue weighted by atomic mass is 9.92. The topological polar surface area (TPSA) is 84.6 Å². The van der Waals surface area contributed by atoms with Gasteiger partial charge in [-0.2, -0.15) is 9.99 Å². The summed E-state index contributed by atoms with van der Waals surface area (Å²) >= 11 is 0. The second-order valence-electron chi connectivity index (χ2n) is 6.30. The Labute approximate surface area is 144 Å². The van der Waals surface area contributed by atoms with Gasteiger partial charge in [-0.1, -0.05) is 13.0 Å². The number of fused-ring (bicyclic) bond motifs is 5. The van der Waals surface area contributed by atoms with Gasteiger partial charge in [0.1, 0.15) is 5.69 Å². The minimum Gasteiger partial charge on any atom is -0.415 e. The fraction of sp³-hybridized carbons (Fsp3) is 0.389. The molecule has 7 heteroatoms. The van der Waals surface area contributed by atoms with Crippen molar-refractivity contribution in [3.63, 3.8) is 0 Å². The van der Waals surface area contributed by atoms with Crippen molar-refractivity contribution in [1.29, 1.82) is 5.26 Å². The number of carbonyl (C=O) groups is 2. The van der Waals surface area contributed by atoms with Gasteiger partial charge in [0.2, 0.25) is 0 Å². The van der Waals surface area contributed by atoms with Crippen molar-refractivity contribution in [3.8, 4) is 11.8 Å². The van der Waals surface area contributed by atoms with Crippen molar-refractivity contribution in [2.24, 2.45) is 0 Å². The van der Waals surface area contributed by atoms with Crippen LogP contribution in [0.5, 0.6) is 5.75 Å². The lowest BCUT2D eigenvalue weighted by molar-refractivity contribution is -0.161. The number of hydrogen-bond acceptors (Lipinski definition) is 6. The molecule has 2 bridgehead atoms. The molecule has 2 aliphatic heterocycles. The number of hydrogen-bond donors (Lipinski definition) is 0. The van der Waals surface area contributed by atoms with E-state index in [-0.39, 0.29) is 11.7 Å². The Morgan fingerprint density at radius 2 is 2.00 bits per heavy atom. The first-order valence-corrected chi connectivity index (χ1v) is 8.38. The summed E-state index contributed by atoms with van der Waals surface area (Å²) in [6, 6.07) is 7.27. The molecule has 3 heterocycles. The number of benzene rings is 1. The van der Waals surface area contributed by atoms with Gasteiger partial charge in [0, 0.05) is 5.92 Å². The van der Waals surface area contributed by atoms with E-state index in [9.17, 15) is 14.9 Å². The normalized spacial score (nSPS) is 18.6. The predicted molar refractivity (Wildman–Crippen MR) is 88.0 cm³/mol. The van der Waals surface area contributed by atoms with Crippen LogP contribution in [0.4, 0.5) is 0 Å². The first-order valence-electron chi connectivity index (χ1n) is 8.38. The minimum absolute atomic E-state index is 0.0930. The summed E-state index contributed by atoms with van der Waals surface area (Å²) in [5.74, 6) is -1.72. The smallest absolute Gasteiger partial charge is 0.415 e. The summed E-state index contributed by atoms with van der Waals surface area (Å²) in [7, 11) is 0. The molecule has 0 atom stereocenters. The first-order chi connectivity index (χ1) is 12.1. The molecule has 1 aromatic heterocycles. The number of nitrogens with zero attached hydrogens (tertiary/aromatic N) is 3. The number of carbonyl (C=O) groups excluding carboxylic acids is 2. The van der Waals surface area contributed by atoms with Gasteiger partial charge in [-0.25, -0.2) is 9.59 Å². The largest absolute Gasteiger partial charge is 0.442 e. The fourth-order valence-corrected chi connectivity index (χ4v) is 3.72. The number of likely N-dealkylation sites (tertiary alicyclic amines) is 1. The molecule has 0 radical (unpaired) electrons. The van der Waals surface area contributed by atoms with Crippen LogP contribution in [0.3, 0.4) is 0 Å². The van der Waals surface area contributed by atoms with Gasteiger partial charge in [-0.15, -0.1) is 0 Å². The Balaban J connectivity index is 1.91. The summed E-state index contributed by atoms with van der Waals surface area (Å²) in [5, 5.41) is 9.95. The lowest BCUT2D eigenvalue weighted by Crippen LogP contribution is -2.34. The standard InChI is InChI=1S/C18H17N3O4/c1-2-20-8-6-11(7-9-20)15-16-14-12(10-19)4-3-5-13(14)21(15)25-18(23)17(22)24-16/h3-5,11H,2,6-9H2,1H3. The van der Waals surface area contributed by atoms with Crippen LogP contribution in [0, 0.1) is 11.3 Å². The Morgan fingerprint density at radius 1 is 1.24 bits per heavy atom. The van der Waals surface area contributed by atoms with E-state index in [1.54, 1.807) is 18.2 Å². The highest BCUT2D eigenvalue weighted by atomic mass is 16.7. The van der Waals surface area contributed by atoms with E-state index in [2.05, 4.69) is 17.9 Å². The van der Waals surface area contributed by atoms with Crippen LogP contribution in [-0.2, 0) is 9.59 Å². The van der Waals surface area contributed by atoms with Crippen molar-refractivity contribution in [3.05, 3.63) is 29.5 Å². The first kappa shape index (κ1) is 15.7. The highest BCUT2D eigenvalue weighted by Gasteiger charge is 2.37.